The van der Waals surface area contributed by atoms with Crippen LogP contribution in [-0.4, -0.2) is 18.5 Å². The molecule has 0 aliphatic carbocycles. The smallest absolute Gasteiger partial charge is 0.396 e. The topological polar surface area (TPSA) is 55.4 Å². The summed E-state index contributed by atoms with van der Waals surface area (Å²) in [5.41, 5.74) is -0.0392. The molecule has 0 saturated heterocycles. The normalized spacial score (nSPS) is 9.82. The zero-order valence-electron chi connectivity index (χ0n) is 9.13. The van der Waals surface area contributed by atoms with Crippen molar-refractivity contribution in [3.8, 4) is 0 Å². The number of amides is 1. The van der Waals surface area contributed by atoms with Gasteiger partial charge < -0.3 is 10.1 Å². The quantitative estimate of drug-likeness (QED) is 0.640. The number of hydrogen-bond donors (Lipinski definition) is 1. The van der Waals surface area contributed by atoms with Crippen LogP contribution in [0, 0.1) is 11.6 Å². The highest BCUT2D eigenvalue weighted by Gasteiger charge is 2.14. The molecule has 0 aliphatic rings. The molecule has 0 unspecified atom stereocenters. The van der Waals surface area contributed by atoms with Crippen molar-refractivity contribution in [2.24, 2.45) is 0 Å². The van der Waals surface area contributed by atoms with Crippen molar-refractivity contribution < 1.29 is 23.1 Å². The Balaban J connectivity index is 2.58. The fourth-order valence-electron chi connectivity index (χ4n) is 1.12. The second kappa shape index (κ2) is 5.93. The average Bonchev–Trinajstić information content (AvgIpc) is 2.30. The molecule has 0 atom stereocenters. The number of halogens is 2. The Morgan fingerprint density at radius 2 is 2.06 bits per heavy atom. The van der Waals surface area contributed by atoms with Gasteiger partial charge in [0.15, 0.2) is 0 Å². The van der Waals surface area contributed by atoms with Crippen LogP contribution in [0.5, 0.6) is 0 Å². The molecule has 92 valence electrons. The van der Waals surface area contributed by atoms with Crippen molar-refractivity contribution in [1.82, 2.24) is 5.32 Å². The van der Waals surface area contributed by atoms with Gasteiger partial charge in [0.05, 0.1) is 6.61 Å². The molecule has 0 aromatic heterocycles. The molecule has 1 rings (SSSR count). The van der Waals surface area contributed by atoms with Gasteiger partial charge in [-0.05, 0) is 25.1 Å². The Bertz CT molecular complexity index is 435. The van der Waals surface area contributed by atoms with Gasteiger partial charge in [-0.1, -0.05) is 0 Å². The monoisotopic (exact) mass is 243 g/mol. The summed E-state index contributed by atoms with van der Waals surface area (Å²) in [5, 5.41) is 2.13. The van der Waals surface area contributed by atoms with Crippen molar-refractivity contribution in [3.63, 3.8) is 0 Å². The van der Waals surface area contributed by atoms with Crippen LogP contribution in [0.4, 0.5) is 8.78 Å². The maximum Gasteiger partial charge on any atom is 0.396 e. The number of esters is 1. The van der Waals surface area contributed by atoms with Crippen molar-refractivity contribution in [3.05, 3.63) is 35.4 Å². The van der Waals surface area contributed by atoms with Crippen LogP contribution in [0.25, 0.3) is 0 Å². The molecule has 4 nitrogen and oxygen atoms in total. The van der Waals surface area contributed by atoms with E-state index in [1.807, 2.05) is 0 Å². The Morgan fingerprint density at radius 3 is 2.71 bits per heavy atom. The first-order valence-electron chi connectivity index (χ1n) is 4.93. The van der Waals surface area contributed by atoms with Crippen LogP contribution < -0.4 is 5.32 Å². The third-order valence-corrected chi connectivity index (χ3v) is 1.91. The Labute approximate surface area is 96.6 Å². The van der Waals surface area contributed by atoms with E-state index in [1.54, 1.807) is 6.92 Å². The molecule has 1 aromatic rings. The second-order valence-corrected chi connectivity index (χ2v) is 3.14. The van der Waals surface area contributed by atoms with Crippen molar-refractivity contribution in [1.29, 1.82) is 0 Å². The van der Waals surface area contributed by atoms with E-state index < -0.39 is 23.5 Å². The molecule has 1 aromatic carbocycles. The molecule has 0 fully saturated rings. The maximum atomic E-state index is 13.1. The zero-order chi connectivity index (χ0) is 12.8. The molecule has 0 bridgehead atoms. The first-order chi connectivity index (χ1) is 8.04. The third-order valence-electron chi connectivity index (χ3n) is 1.91. The minimum Gasteiger partial charge on any atom is -0.459 e. The lowest BCUT2D eigenvalue weighted by atomic mass is 10.2. The number of nitrogens with one attached hydrogen (secondary N) is 1. The highest BCUT2D eigenvalue weighted by atomic mass is 19.1. The van der Waals surface area contributed by atoms with Crippen LogP contribution in [0.2, 0.25) is 0 Å². The summed E-state index contributed by atoms with van der Waals surface area (Å²) in [6.07, 6.45) is 0. The summed E-state index contributed by atoms with van der Waals surface area (Å²) in [6, 6.07) is 2.86. The van der Waals surface area contributed by atoms with Gasteiger partial charge in [-0.15, -0.1) is 0 Å². The van der Waals surface area contributed by atoms with Crippen LogP contribution in [0.15, 0.2) is 18.2 Å². The van der Waals surface area contributed by atoms with Gasteiger partial charge >= 0.3 is 11.9 Å². The van der Waals surface area contributed by atoms with Crippen LogP contribution in [0.3, 0.4) is 0 Å². The first kappa shape index (κ1) is 13.1. The molecule has 0 radical (unpaired) electrons. The molecule has 0 saturated carbocycles. The van der Waals surface area contributed by atoms with Crippen molar-refractivity contribution in [2.75, 3.05) is 6.61 Å². The fourth-order valence-corrected chi connectivity index (χ4v) is 1.12. The van der Waals surface area contributed by atoms with E-state index in [0.717, 1.165) is 18.2 Å². The van der Waals surface area contributed by atoms with Gasteiger partial charge in [-0.2, -0.15) is 0 Å². The van der Waals surface area contributed by atoms with E-state index in [0.29, 0.717) is 0 Å². The first-order valence-corrected chi connectivity index (χ1v) is 4.93. The van der Waals surface area contributed by atoms with Crippen molar-refractivity contribution >= 4 is 11.9 Å². The zero-order valence-corrected chi connectivity index (χ0v) is 9.13. The Kier molecular flexibility index (Phi) is 4.56. The van der Waals surface area contributed by atoms with Gasteiger partial charge in [-0.3, -0.25) is 4.79 Å². The Morgan fingerprint density at radius 1 is 1.35 bits per heavy atom. The summed E-state index contributed by atoms with van der Waals surface area (Å²) >= 11 is 0. The third kappa shape index (κ3) is 3.82. The van der Waals surface area contributed by atoms with Gasteiger partial charge in [-0.25, -0.2) is 13.6 Å². The summed E-state index contributed by atoms with van der Waals surface area (Å²) in [4.78, 5) is 22.0. The maximum absolute atomic E-state index is 13.1. The summed E-state index contributed by atoms with van der Waals surface area (Å²) in [5.74, 6) is -3.32. The SMILES string of the molecule is CCOC(=O)C(=O)NCc1cc(F)ccc1F. The van der Waals surface area contributed by atoms with E-state index in [-0.39, 0.29) is 18.7 Å². The standard InChI is InChI=1S/C11H11F2NO3/c1-2-17-11(16)10(15)14-6-7-5-8(12)3-4-9(7)13/h3-5H,2,6H2,1H3,(H,14,15). The van der Waals surface area contributed by atoms with E-state index in [1.165, 1.54) is 0 Å². The largest absolute Gasteiger partial charge is 0.459 e. The number of rotatable bonds is 3. The van der Waals surface area contributed by atoms with Crippen molar-refractivity contribution in [2.45, 2.75) is 13.5 Å². The number of carbonyl (C=O) groups is 2. The van der Waals surface area contributed by atoms with E-state index in [2.05, 4.69) is 10.1 Å². The molecule has 6 heteroatoms. The number of benzene rings is 1. The molecule has 17 heavy (non-hydrogen) atoms. The molecule has 1 amide bonds. The average molecular weight is 243 g/mol. The number of carbonyl (C=O) groups excluding carboxylic acids is 2. The van der Waals surface area contributed by atoms with Crippen LogP contribution in [-0.2, 0) is 20.9 Å². The van der Waals surface area contributed by atoms with Gasteiger partial charge in [0.2, 0.25) is 0 Å². The van der Waals surface area contributed by atoms with Gasteiger partial charge in [0, 0.05) is 12.1 Å². The lowest BCUT2D eigenvalue weighted by molar-refractivity contribution is -0.154. The number of ether oxygens (including phenoxy) is 1. The highest BCUT2D eigenvalue weighted by Crippen LogP contribution is 2.08. The minimum absolute atomic E-state index is 0.0392. The van der Waals surface area contributed by atoms with Gasteiger partial charge in [0.1, 0.15) is 11.6 Å². The van der Waals surface area contributed by atoms with Gasteiger partial charge in [0.25, 0.3) is 0 Å². The Hall–Kier alpha value is -1.98. The minimum atomic E-state index is -1.05. The molecular formula is C11H11F2NO3. The van der Waals surface area contributed by atoms with E-state index in [9.17, 15) is 18.4 Å². The van der Waals surface area contributed by atoms with Crippen LogP contribution in [0.1, 0.15) is 12.5 Å². The lowest BCUT2D eigenvalue weighted by Crippen LogP contribution is -2.32. The van der Waals surface area contributed by atoms with Crippen LogP contribution >= 0.6 is 0 Å². The number of hydrogen-bond acceptors (Lipinski definition) is 3. The summed E-state index contributed by atoms with van der Waals surface area (Å²) in [6.45, 7) is 1.35. The summed E-state index contributed by atoms with van der Waals surface area (Å²) < 4.78 is 30.3. The highest BCUT2D eigenvalue weighted by molar-refractivity contribution is 6.32. The second-order valence-electron chi connectivity index (χ2n) is 3.14. The van der Waals surface area contributed by atoms with E-state index >= 15 is 0 Å². The molecule has 1 N–H and O–H groups in total. The predicted molar refractivity (Wildman–Crippen MR) is 54.8 cm³/mol. The van der Waals surface area contributed by atoms with E-state index in [4.69, 9.17) is 0 Å². The predicted octanol–water partition coefficient (Wildman–Crippen LogP) is 1.14. The molecular weight excluding hydrogens is 232 g/mol. The molecule has 0 heterocycles. The molecule has 0 spiro atoms. The lowest BCUT2D eigenvalue weighted by Gasteiger charge is -2.05. The summed E-state index contributed by atoms with van der Waals surface area (Å²) in [7, 11) is 0. The fraction of sp³-hybridized carbons (Fsp3) is 0.273. The molecule has 0 aliphatic heterocycles.